The summed E-state index contributed by atoms with van der Waals surface area (Å²) >= 11 is 11.6. The molecule has 0 aliphatic carbocycles. The van der Waals surface area contributed by atoms with Crippen LogP contribution in [0.4, 0.5) is 5.82 Å². The van der Waals surface area contributed by atoms with Gasteiger partial charge in [0.05, 0.1) is 16.4 Å². The first-order valence-electron chi connectivity index (χ1n) is 11.2. The number of fused-ring (bicyclic) bond motifs is 1. The molecule has 36 heavy (non-hydrogen) atoms. The Bertz CT molecular complexity index is 1530. The van der Waals surface area contributed by atoms with Gasteiger partial charge in [0.1, 0.15) is 5.82 Å². The molecule has 6 nitrogen and oxygen atoms in total. The van der Waals surface area contributed by atoms with E-state index >= 15 is 0 Å². The van der Waals surface area contributed by atoms with Crippen molar-refractivity contribution in [3.8, 4) is 11.3 Å². The molecule has 9 heteroatoms. The lowest BCUT2D eigenvalue weighted by Crippen LogP contribution is -2.20. The van der Waals surface area contributed by atoms with Crippen LogP contribution >= 0.6 is 38.9 Å². The first kappa shape index (κ1) is 24.2. The van der Waals surface area contributed by atoms with Crippen molar-refractivity contribution in [1.29, 1.82) is 0 Å². The van der Waals surface area contributed by atoms with Crippen molar-refractivity contribution in [3.05, 3.63) is 110 Å². The van der Waals surface area contributed by atoms with Gasteiger partial charge in [0, 0.05) is 40.7 Å². The molecular weight excluding hydrogens is 558 g/mol. The normalized spacial score (nSPS) is 11.3. The van der Waals surface area contributed by atoms with Crippen molar-refractivity contribution in [3.63, 3.8) is 0 Å². The average Bonchev–Trinajstić information content (AvgIpc) is 3.56. The highest BCUT2D eigenvalue weighted by atomic mass is 79.9. The van der Waals surface area contributed by atoms with E-state index in [1.54, 1.807) is 28.1 Å². The van der Waals surface area contributed by atoms with Gasteiger partial charge in [-0.25, -0.2) is 4.98 Å². The van der Waals surface area contributed by atoms with Crippen molar-refractivity contribution >= 4 is 62.3 Å². The lowest BCUT2D eigenvalue weighted by atomic mass is 10.1. The number of hydrogen-bond acceptors (Lipinski definition) is 5. The fourth-order valence-electron chi connectivity index (χ4n) is 3.63. The lowest BCUT2D eigenvalue weighted by molar-refractivity contribution is -0.116. The third kappa shape index (κ3) is 5.67. The van der Waals surface area contributed by atoms with Crippen LogP contribution < -0.4 is 10.6 Å². The van der Waals surface area contributed by atoms with Gasteiger partial charge < -0.3 is 10.6 Å². The standard InChI is InChI=1S/C27H21BrClN5OS/c28-22-17-32-34-25(14-24(33-27(22)34)21-5-1-2-6-23(21)29)30-15-18-7-9-19(10-8-18)16-31-26(35)12-11-20-4-3-13-36-20/h1-14,17,30H,15-16H2,(H,31,35)/b12-11+. The number of aromatic nitrogens is 3. The van der Waals surface area contributed by atoms with Crippen molar-refractivity contribution in [2.75, 3.05) is 5.32 Å². The van der Waals surface area contributed by atoms with Gasteiger partial charge in [-0.3, -0.25) is 4.79 Å². The average molecular weight is 579 g/mol. The second-order valence-corrected chi connectivity index (χ2v) is 10.2. The Morgan fingerprint density at radius 3 is 2.58 bits per heavy atom. The highest BCUT2D eigenvalue weighted by Gasteiger charge is 2.13. The molecular formula is C27H21BrClN5OS. The Kier molecular flexibility index (Phi) is 7.46. The molecule has 0 radical (unpaired) electrons. The molecule has 0 aliphatic heterocycles. The Hall–Kier alpha value is -3.46. The van der Waals surface area contributed by atoms with Crippen molar-refractivity contribution in [2.45, 2.75) is 13.1 Å². The summed E-state index contributed by atoms with van der Waals surface area (Å²) in [7, 11) is 0. The summed E-state index contributed by atoms with van der Waals surface area (Å²) in [5, 5.41) is 13.4. The van der Waals surface area contributed by atoms with Crippen LogP contribution in [-0.2, 0) is 17.9 Å². The summed E-state index contributed by atoms with van der Waals surface area (Å²) in [6.07, 6.45) is 5.10. The molecule has 1 amide bonds. The molecule has 2 aromatic carbocycles. The number of nitrogens with one attached hydrogen (secondary N) is 2. The van der Waals surface area contributed by atoms with Crippen LogP contribution in [0.5, 0.6) is 0 Å². The molecule has 0 saturated carbocycles. The van der Waals surface area contributed by atoms with Crippen LogP contribution in [0.2, 0.25) is 5.02 Å². The van der Waals surface area contributed by atoms with Gasteiger partial charge in [0.25, 0.3) is 0 Å². The van der Waals surface area contributed by atoms with E-state index in [2.05, 4.69) is 31.7 Å². The van der Waals surface area contributed by atoms with Crippen molar-refractivity contribution < 1.29 is 4.79 Å². The molecule has 0 saturated heterocycles. The topological polar surface area (TPSA) is 71.3 Å². The van der Waals surface area contributed by atoms with Gasteiger partial charge in [-0.1, -0.05) is 60.1 Å². The minimum Gasteiger partial charge on any atom is -0.366 e. The summed E-state index contributed by atoms with van der Waals surface area (Å²) in [5.74, 6) is 0.685. The maximum atomic E-state index is 12.1. The zero-order valence-electron chi connectivity index (χ0n) is 19.0. The lowest BCUT2D eigenvalue weighted by Gasteiger charge is -2.12. The van der Waals surface area contributed by atoms with Crippen molar-refractivity contribution in [2.24, 2.45) is 0 Å². The maximum absolute atomic E-state index is 12.1. The largest absolute Gasteiger partial charge is 0.366 e. The third-order valence-electron chi connectivity index (χ3n) is 5.48. The minimum atomic E-state index is -0.115. The maximum Gasteiger partial charge on any atom is 0.244 e. The van der Waals surface area contributed by atoms with Crippen LogP contribution in [0.15, 0.2) is 88.9 Å². The van der Waals surface area contributed by atoms with E-state index in [1.165, 1.54) is 0 Å². The molecule has 0 aliphatic rings. The number of amides is 1. The SMILES string of the molecule is O=C(/C=C/c1cccs1)NCc1ccc(CNc2cc(-c3ccccc3Cl)nc3c(Br)cnn23)cc1. The molecule has 5 rings (SSSR count). The van der Waals surface area contributed by atoms with Gasteiger partial charge >= 0.3 is 0 Å². The molecule has 0 spiro atoms. The van der Waals surface area contributed by atoms with E-state index in [0.29, 0.717) is 23.8 Å². The van der Waals surface area contributed by atoms with E-state index in [9.17, 15) is 4.79 Å². The van der Waals surface area contributed by atoms with Gasteiger partial charge in [0.15, 0.2) is 5.65 Å². The number of halogens is 2. The molecule has 180 valence electrons. The highest BCUT2D eigenvalue weighted by Crippen LogP contribution is 2.30. The summed E-state index contributed by atoms with van der Waals surface area (Å²) in [6.45, 7) is 1.06. The predicted molar refractivity (Wildman–Crippen MR) is 150 cm³/mol. The Labute approximate surface area is 225 Å². The molecule has 0 fully saturated rings. The number of carbonyl (C=O) groups excluding carboxylic acids is 1. The number of anilines is 1. The van der Waals surface area contributed by atoms with Crippen LogP contribution in [0.3, 0.4) is 0 Å². The van der Waals surface area contributed by atoms with Crippen LogP contribution in [0.1, 0.15) is 16.0 Å². The molecule has 5 aromatic rings. The summed E-state index contributed by atoms with van der Waals surface area (Å²) in [4.78, 5) is 17.9. The molecule has 0 unspecified atom stereocenters. The minimum absolute atomic E-state index is 0.115. The highest BCUT2D eigenvalue weighted by molar-refractivity contribution is 9.10. The molecule has 0 atom stereocenters. The van der Waals surface area contributed by atoms with Crippen LogP contribution in [0.25, 0.3) is 23.0 Å². The van der Waals surface area contributed by atoms with Crippen molar-refractivity contribution in [1.82, 2.24) is 19.9 Å². The van der Waals surface area contributed by atoms with Crippen LogP contribution in [-0.4, -0.2) is 20.5 Å². The van der Waals surface area contributed by atoms with Gasteiger partial charge in [-0.05, 0) is 50.6 Å². The summed E-state index contributed by atoms with van der Waals surface area (Å²) < 4.78 is 2.56. The Morgan fingerprint density at radius 2 is 1.83 bits per heavy atom. The smallest absolute Gasteiger partial charge is 0.244 e. The first-order chi connectivity index (χ1) is 17.6. The van der Waals surface area contributed by atoms with E-state index in [0.717, 1.165) is 37.6 Å². The number of carbonyl (C=O) groups is 1. The van der Waals surface area contributed by atoms with Gasteiger partial charge in [0.2, 0.25) is 5.91 Å². The molecule has 2 N–H and O–H groups in total. The predicted octanol–water partition coefficient (Wildman–Crippen LogP) is 6.82. The second kappa shape index (κ2) is 11.1. The van der Waals surface area contributed by atoms with E-state index in [-0.39, 0.29) is 5.91 Å². The number of thiophene rings is 1. The quantitative estimate of drug-likeness (QED) is 0.198. The number of hydrogen-bond donors (Lipinski definition) is 2. The monoisotopic (exact) mass is 577 g/mol. The molecule has 3 heterocycles. The fraction of sp³-hybridized carbons (Fsp3) is 0.0741. The van der Waals surface area contributed by atoms with E-state index in [1.807, 2.05) is 78.2 Å². The number of nitrogens with zero attached hydrogens (tertiary/aromatic N) is 3. The zero-order chi connectivity index (χ0) is 24.9. The van der Waals surface area contributed by atoms with Crippen LogP contribution in [0, 0.1) is 0 Å². The van der Waals surface area contributed by atoms with Gasteiger partial charge in [-0.15, -0.1) is 11.3 Å². The third-order valence-corrected chi connectivity index (χ3v) is 7.21. The number of benzene rings is 2. The number of rotatable bonds is 8. The summed E-state index contributed by atoms with van der Waals surface area (Å²) in [5.41, 5.74) is 4.44. The van der Waals surface area contributed by atoms with E-state index < -0.39 is 0 Å². The zero-order valence-corrected chi connectivity index (χ0v) is 22.1. The van der Waals surface area contributed by atoms with Gasteiger partial charge in [-0.2, -0.15) is 9.61 Å². The Morgan fingerprint density at radius 1 is 1.06 bits per heavy atom. The summed E-state index contributed by atoms with van der Waals surface area (Å²) in [6, 6.07) is 21.6. The molecule has 3 aromatic heterocycles. The Balaban J connectivity index is 1.25. The second-order valence-electron chi connectivity index (χ2n) is 7.97. The van der Waals surface area contributed by atoms with E-state index in [4.69, 9.17) is 16.6 Å². The first-order valence-corrected chi connectivity index (χ1v) is 13.2. The molecule has 0 bridgehead atoms. The fourth-order valence-corrected chi connectivity index (χ4v) is 4.83.